The van der Waals surface area contributed by atoms with Crippen LogP contribution >= 0.6 is 0 Å². The summed E-state index contributed by atoms with van der Waals surface area (Å²) in [6.07, 6.45) is 4.75. The van der Waals surface area contributed by atoms with E-state index in [4.69, 9.17) is 0 Å². The Labute approximate surface area is 180 Å². The lowest BCUT2D eigenvalue weighted by atomic mass is 9.87. The number of rotatable bonds is 5. The summed E-state index contributed by atoms with van der Waals surface area (Å²) in [6.45, 7) is 5.58. The van der Waals surface area contributed by atoms with Gasteiger partial charge in [-0.2, -0.15) is 5.26 Å². The number of aromatic nitrogens is 3. The van der Waals surface area contributed by atoms with Crippen molar-refractivity contribution in [2.24, 2.45) is 5.41 Å². The normalized spacial score (nSPS) is 11.8. The Bertz CT molecular complexity index is 1220. The number of H-pyrrole nitrogens is 1. The molecule has 0 bridgehead atoms. The van der Waals surface area contributed by atoms with Crippen LogP contribution in [0.5, 0.6) is 0 Å². The second-order valence-electron chi connectivity index (χ2n) is 8.35. The maximum atomic E-state index is 12.7. The Morgan fingerprint density at radius 2 is 2.00 bits per heavy atom. The number of hydrogen-bond acceptors (Lipinski definition) is 6. The molecule has 1 amide bonds. The Balaban J connectivity index is 1.91. The van der Waals surface area contributed by atoms with E-state index in [-0.39, 0.29) is 17.3 Å². The third-order valence-corrected chi connectivity index (χ3v) is 4.53. The van der Waals surface area contributed by atoms with E-state index in [0.29, 0.717) is 33.8 Å². The Kier molecular flexibility index (Phi) is 5.88. The van der Waals surface area contributed by atoms with Crippen LogP contribution in [0, 0.1) is 16.7 Å². The lowest BCUT2D eigenvalue weighted by molar-refractivity contribution is -0.124. The molecule has 0 radical (unpaired) electrons. The zero-order valence-corrected chi connectivity index (χ0v) is 18.1. The summed E-state index contributed by atoms with van der Waals surface area (Å²) in [5.74, 6) is 0.0914. The van der Waals surface area contributed by atoms with Gasteiger partial charge in [0, 0.05) is 31.4 Å². The summed E-state index contributed by atoms with van der Waals surface area (Å²) < 4.78 is 0. The first-order valence-electron chi connectivity index (χ1n) is 9.69. The van der Waals surface area contributed by atoms with E-state index in [2.05, 4.69) is 20.3 Å². The minimum Gasteiger partial charge on any atom is -0.344 e. The third kappa shape index (κ3) is 4.78. The van der Waals surface area contributed by atoms with Crippen LogP contribution in [-0.4, -0.2) is 45.6 Å². The predicted octanol–water partition coefficient (Wildman–Crippen LogP) is 3.93. The zero-order chi connectivity index (χ0) is 22.8. The Morgan fingerprint density at radius 3 is 2.65 bits per heavy atom. The molecule has 31 heavy (non-hydrogen) atoms. The minimum absolute atomic E-state index is 0.0214. The fourth-order valence-electron chi connectivity index (χ4n) is 2.93. The van der Waals surface area contributed by atoms with Crippen LogP contribution in [0.25, 0.3) is 17.2 Å². The van der Waals surface area contributed by atoms with Crippen LogP contribution in [-0.2, 0) is 4.79 Å². The molecule has 1 aromatic carbocycles. The van der Waals surface area contributed by atoms with Crippen molar-refractivity contribution in [1.82, 2.24) is 19.9 Å². The number of fused-ring (bicyclic) bond motifs is 1. The van der Waals surface area contributed by atoms with Gasteiger partial charge in [0.25, 0.3) is 5.91 Å². The number of carbonyl (C=O) groups is 2. The van der Waals surface area contributed by atoms with Crippen molar-refractivity contribution >= 4 is 40.4 Å². The minimum atomic E-state index is -0.538. The molecule has 2 aromatic heterocycles. The maximum Gasteiger partial charge on any atom is 0.264 e. The average Bonchev–Trinajstić information content (AvgIpc) is 3.13. The van der Waals surface area contributed by atoms with Crippen LogP contribution in [0.3, 0.4) is 0 Å². The topological polar surface area (TPSA) is 115 Å². The number of amides is 1. The number of Topliss-reactive ketones (excluding diaryl/α,β-unsaturated/α-hetero) is 1. The molecule has 0 saturated heterocycles. The molecule has 0 aliphatic carbocycles. The highest BCUT2D eigenvalue weighted by Gasteiger charge is 2.26. The van der Waals surface area contributed by atoms with Gasteiger partial charge in [-0.05, 0) is 23.8 Å². The summed E-state index contributed by atoms with van der Waals surface area (Å²) in [5.41, 5.74) is 2.44. The van der Waals surface area contributed by atoms with E-state index in [1.807, 2.05) is 32.9 Å². The van der Waals surface area contributed by atoms with Crippen molar-refractivity contribution in [2.75, 3.05) is 19.4 Å². The van der Waals surface area contributed by atoms with E-state index in [1.54, 1.807) is 44.7 Å². The lowest BCUT2D eigenvalue weighted by Crippen LogP contribution is -2.22. The van der Waals surface area contributed by atoms with Crippen LogP contribution < -0.4 is 5.32 Å². The summed E-state index contributed by atoms with van der Waals surface area (Å²) >= 11 is 0. The number of benzene rings is 1. The van der Waals surface area contributed by atoms with Gasteiger partial charge in [-0.1, -0.05) is 32.9 Å². The molecule has 2 heterocycles. The SMILES string of the molecule is CN(C)C(=O)/C(C#N)=C/c1cccc(Nc2cnc3[nH]cc(C(=O)C(C)(C)C)c3n2)c1. The molecule has 0 aliphatic heterocycles. The number of carbonyl (C=O) groups excluding carboxylic acids is 2. The van der Waals surface area contributed by atoms with Gasteiger partial charge in [0.1, 0.15) is 23.0 Å². The van der Waals surface area contributed by atoms with Crippen molar-refractivity contribution in [1.29, 1.82) is 5.26 Å². The Morgan fingerprint density at radius 1 is 1.26 bits per heavy atom. The van der Waals surface area contributed by atoms with Gasteiger partial charge in [0.05, 0.1) is 11.8 Å². The van der Waals surface area contributed by atoms with Crippen molar-refractivity contribution in [2.45, 2.75) is 20.8 Å². The van der Waals surface area contributed by atoms with Crippen molar-refractivity contribution in [3.8, 4) is 6.07 Å². The molecule has 0 unspecified atom stereocenters. The molecule has 3 aromatic rings. The molecule has 0 saturated carbocycles. The predicted molar refractivity (Wildman–Crippen MR) is 120 cm³/mol. The van der Waals surface area contributed by atoms with Gasteiger partial charge in [-0.3, -0.25) is 9.59 Å². The van der Waals surface area contributed by atoms with Gasteiger partial charge in [-0.25, -0.2) is 9.97 Å². The third-order valence-electron chi connectivity index (χ3n) is 4.53. The van der Waals surface area contributed by atoms with E-state index in [1.165, 1.54) is 11.0 Å². The van der Waals surface area contributed by atoms with Crippen molar-refractivity contribution < 1.29 is 9.59 Å². The summed E-state index contributed by atoms with van der Waals surface area (Å²) in [5, 5.41) is 12.5. The second-order valence-corrected chi connectivity index (χ2v) is 8.35. The maximum absolute atomic E-state index is 12.7. The highest BCUT2D eigenvalue weighted by Crippen LogP contribution is 2.26. The number of aromatic amines is 1. The molecule has 0 atom stereocenters. The first kappa shape index (κ1) is 21.7. The van der Waals surface area contributed by atoms with Crippen LogP contribution in [0.4, 0.5) is 11.5 Å². The molecule has 2 N–H and O–H groups in total. The summed E-state index contributed by atoms with van der Waals surface area (Å²) in [6, 6.07) is 9.17. The molecule has 8 nitrogen and oxygen atoms in total. The molecule has 0 spiro atoms. The monoisotopic (exact) mass is 416 g/mol. The van der Waals surface area contributed by atoms with Crippen LogP contribution in [0.15, 0.2) is 42.2 Å². The van der Waals surface area contributed by atoms with Crippen LogP contribution in [0.2, 0.25) is 0 Å². The molecule has 0 fully saturated rings. The summed E-state index contributed by atoms with van der Waals surface area (Å²) in [4.78, 5) is 38.1. The van der Waals surface area contributed by atoms with Gasteiger partial charge in [0.15, 0.2) is 11.4 Å². The molecular formula is C23H24N6O2. The molecule has 8 heteroatoms. The lowest BCUT2D eigenvalue weighted by Gasteiger charge is -2.15. The number of hydrogen-bond donors (Lipinski definition) is 2. The van der Waals surface area contributed by atoms with Crippen molar-refractivity contribution in [3.63, 3.8) is 0 Å². The molecule has 0 aliphatic rings. The van der Waals surface area contributed by atoms with Gasteiger partial charge in [-0.15, -0.1) is 0 Å². The quantitative estimate of drug-likeness (QED) is 0.370. The second kappa shape index (κ2) is 8.40. The number of nitrogens with zero attached hydrogens (tertiary/aromatic N) is 4. The Hall–Kier alpha value is -3.99. The van der Waals surface area contributed by atoms with E-state index in [0.717, 1.165) is 0 Å². The largest absolute Gasteiger partial charge is 0.344 e. The number of ketones is 1. The molecule has 3 rings (SSSR count). The van der Waals surface area contributed by atoms with E-state index < -0.39 is 5.41 Å². The number of anilines is 2. The number of nitrogens with one attached hydrogen (secondary N) is 2. The first-order valence-corrected chi connectivity index (χ1v) is 9.69. The van der Waals surface area contributed by atoms with E-state index >= 15 is 0 Å². The average molecular weight is 416 g/mol. The van der Waals surface area contributed by atoms with E-state index in [9.17, 15) is 14.9 Å². The molecular weight excluding hydrogens is 392 g/mol. The number of nitriles is 1. The fourth-order valence-corrected chi connectivity index (χ4v) is 2.93. The first-order chi connectivity index (χ1) is 14.6. The van der Waals surface area contributed by atoms with Crippen molar-refractivity contribution in [3.05, 3.63) is 53.4 Å². The van der Waals surface area contributed by atoms with Gasteiger partial charge < -0.3 is 15.2 Å². The highest BCUT2D eigenvalue weighted by atomic mass is 16.2. The smallest absolute Gasteiger partial charge is 0.264 e. The van der Waals surface area contributed by atoms with Crippen LogP contribution in [0.1, 0.15) is 36.7 Å². The zero-order valence-electron chi connectivity index (χ0n) is 18.1. The molecule has 158 valence electrons. The standard InChI is InChI=1S/C23H24N6O2/c1-23(2,3)20(30)17-12-25-21-19(17)28-18(13-26-21)27-16-8-6-7-14(10-16)9-15(11-24)22(31)29(4)5/h6-10,12-13H,1-5H3,(H,25,26)(H,27,28)/b15-9+. The van der Waals surface area contributed by atoms with Gasteiger partial charge in [0.2, 0.25) is 0 Å². The van der Waals surface area contributed by atoms with Gasteiger partial charge >= 0.3 is 0 Å². The number of likely N-dealkylation sites (N-methyl/N-ethyl adjacent to an activating group) is 1. The fraction of sp³-hybridized carbons (Fsp3) is 0.261. The highest BCUT2D eigenvalue weighted by molar-refractivity contribution is 6.08. The summed E-state index contributed by atoms with van der Waals surface area (Å²) in [7, 11) is 3.19.